The van der Waals surface area contributed by atoms with Gasteiger partial charge < -0.3 is 15.7 Å². The molecule has 3 N–H and O–H groups in total. The largest absolute Gasteiger partial charge is 0.507 e. The van der Waals surface area contributed by atoms with Gasteiger partial charge in [0.1, 0.15) is 17.1 Å². The molecule has 2 rings (SSSR count). The Morgan fingerprint density at radius 1 is 1.56 bits per heavy atom. The Labute approximate surface area is 92.5 Å². The molecular formula is C11H13FN2O2. The first-order valence-electron chi connectivity index (χ1n) is 4.96. The minimum absolute atomic E-state index is 0.280. The van der Waals surface area contributed by atoms with Crippen molar-refractivity contribution in [2.24, 2.45) is 5.73 Å². The van der Waals surface area contributed by atoms with Gasteiger partial charge in [-0.1, -0.05) is 6.07 Å². The van der Waals surface area contributed by atoms with Crippen molar-refractivity contribution in [3.05, 3.63) is 29.6 Å². The maximum absolute atomic E-state index is 13.4. The Hall–Kier alpha value is -1.62. The van der Waals surface area contributed by atoms with Crippen LogP contribution >= 0.6 is 0 Å². The van der Waals surface area contributed by atoms with Crippen LogP contribution in [-0.4, -0.2) is 34.5 Å². The molecule has 0 spiro atoms. The van der Waals surface area contributed by atoms with Crippen molar-refractivity contribution < 1.29 is 14.3 Å². The lowest BCUT2D eigenvalue weighted by molar-refractivity contribution is 0.0446. The summed E-state index contributed by atoms with van der Waals surface area (Å²) >= 11 is 0. The monoisotopic (exact) mass is 224 g/mol. The molecule has 16 heavy (non-hydrogen) atoms. The molecule has 4 nitrogen and oxygen atoms in total. The number of carbonyl (C=O) groups excluding carboxylic acids is 1. The average molecular weight is 224 g/mol. The zero-order valence-electron chi connectivity index (χ0n) is 8.90. The summed E-state index contributed by atoms with van der Waals surface area (Å²) in [6.07, 6.45) is 0. The molecule has 0 atom stereocenters. The van der Waals surface area contributed by atoms with Gasteiger partial charge in [-0.05, 0) is 19.1 Å². The third-order valence-electron chi connectivity index (χ3n) is 2.60. The third kappa shape index (κ3) is 1.74. The van der Waals surface area contributed by atoms with E-state index in [4.69, 9.17) is 5.73 Å². The number of likely N-dealkylation sites (tertiary alicyclic amines) is 1. The van der Waals surface area contributed by atoms with Crippen molar-refractivity contribution in [3.8, 4) is 5.75 Å². The van der Waals surface area contributed by atoms with Gasteiger partial charge in [0.15, 0.2) is 0 Å². The molecule has 1 fully saturated rings. The highest BCUT2D eigenvalue weighted by Gasteiger charge is 2.39. The highest BCUT2D eigenvalue weighted by molar-refractivity contribution is 5.97. The first-order valence-corrected chi connectivity index (χ1v) is 4.96. The zero-order chi connectivity index (χ0) is 11.9. The van der Waals surface area contributed by atoms with Gasteiger partial charge >= 0.3 is 0 Å². The first kappa shape index (κ1) is 10.9. The molecule has 0 unspecified atom stereocenters. The van der Waals surface area contributed by atoms with E-state index in [1.54, 1.807) is 0 Å². The maximum atomic E-state index is 13.4. The van der Waals surface area contributed by atoms with Gasteiger partial charge in [-0.3, -0.25) is 4.79 Å². The number of phenols is 1. The van der Waals surface area contributed by atoms with Crippen LogP contribution in [0.1, 0.15) is 17.3 Å². The minimum Gasteiger partial charge on any atom is -0.507 e. The Balaban J connectivity index is 2.23. The van der Waals surface area contributed by atoms with E-state index in [1.807, 2.05) is 6.92 Å². The molecule has 5 heteroatoms. The number of hydrogen-bond donors (Lipinski definition) is 2. The summed E-state index contributed by atoms with van der Waals surface area (Å²) < 4.78 is 13.4. The highest BCUT2D eigenvalue weighted by atomic mass is 19.1. The summed E-state index contributed by atoms with van der Waals surface area (Å²) in [4.78, 5) is 13.2. The molecule has 1 aromatic carbocycles. The van der Waals surface area contributed by atoms with Crippen molar-refractivity contribution in [1.82, 2.24) is 4.90 Å². The highest BCUT2D eigenvalue weighted by Crippen LogP contribution is 2.26. The van der Waals surface area contributed by atoms with E-state index < -0.39 is 17.3 Å². The lowest BCUT2D eigenvalue weighted by Crippen LogP contribution is -2.66. The molecule has 0 saturated carbocycles. The van der Waals surface area contributed by atoms with E-state index in [9.17, 15) is 14.3 Å². The minimum atomic E-state index is -0.712. The van der Waals surface area contributed by atoms with Crippen LogP contribution in [0.25, 0.3) is 0 Å². The molecule has 1 aliphatic rings. The molecule has 0 aromatic heterocycles. The smallest absolute Gasteiger partial charge is 0.260 e. The number of hydrogen-bond acceptors (Lipinski definition) is 3. The molecule has 1 aromatic rings. The van der Waals surface area contributed by atoms with E-state index in [-0.39, 0.29) is 11.3 Å². The van der Waals surface area contributed by atoms with Crippen LogP contribution in [0.4, 0.5) is 4.39 Å². The maximum Gasteiger partial charge on any atom is 0.260 e. The van der Waals surface area contributed by atoms with Gasteiger partial charge in [-0.2, -0.15) is 0 Å². The second kappa shape index (κ2) is 3.45. The van der Waals surface area contributed by atoms with E-state index in [2.05, 4.69) is 0 Å². The van der Waals surface area contributed by atoms with Crippen molar-refractivity contribution in [2.75, 3.05) is 13.1 Å². The molecule has 1 aliphatic heterocycles. The van der Waals surface area contributed by atoms with Gasteiger partial charge in [-0.25, -0.2) is 4.39 Å². The lowest BCUT2D eigenvalue weighted by Gasteiger charge is -2.45. The summed E-state index contributed by atoms with van der Waals surface area (Å²) in [6, 6.07) is 3.79. The number of rotatable bonds is 1. The fourth-order valence-electron chi connectivity index (χ4n) is 1.85. The van der Waals surface area contributed by atoms with Crippen molar-refractivity contribution in [2.45, 2.75) is 12.5 Å². The molecule has 1 saturated heterocycles. The normalized spacial score (nSPS) is 18.1. The summed E-state index contributed by atoms with van der Waals surface area (Å²) in [6.45, 7) is 2.57. The van der Waals surface area contributed by atoms with Crippen LogP contribution in [-0.2, 0) is 0 Å². The molecule has 86 valence electrons. The van der Waals surface area contributed by atoms with E-state index in [0.717, 1.165) is 6.07 Å². The lowest BCUT2D eigenvalue weighted by atomic mass is 9.93. The SMILES string of the molecule is CC1(N)CN(C(=O)c2c(O)cccc2F)C1. The van der Waals surface area contributed by atoms with Gasteiger partial charge in [0, 0.05) is 18.6 Å². The number of phenolic OH excluding ortho intramolecular Hbond substituents is 1. The molecule has 0 radical (unpaired) electrons. The molecule has 1 heterocycles. The summed E-state index contributed by atoms with van der Waals surface area (Å²) in [7, 11) is 0. The van der Waals surface area contributed by atoms with Crippen LogP contribution in [0, 0.1) is 5.82 Å². The second-order valence-electron chi connectivity index (χ2n) is 4.45. The molecule has 1 amide bonds. The summed E-state index contributed by atoms with van der Waals surface area (Å²) in [5.41, 5.74) is 5.07. The van der Waals surface area contributed by atoms with Crippen LogP contribution in [0.15, 0.2) is 18.2 Å². The van der Waals surface area contributed by atoms with E-state index in [1.165, 1.54) is 17.0 Å². The second-order valence-corrected chi connectivity index (χ2v) is 4.45. The predicted octanol–water partition coefficient (Wildman–Crippen LogP) is 0.705. The average Bonchev–Trinajstić information content (AvgIpc) is 2.13. The Morgan fingerprint density at radius 3 is 2.69 bits per heavy atom. The number of halogens is 1. The fraction of sp³-hybridized carbons (Fsp3) is 0.364. The Bertz CT molecular complexity index is 417. The van der Waals surface area contributed by atoms with E-state index >= 15 is 0 Å². The van der Waals surface area contributed by atoms with E-state index in [0.29, 0.717) is 13.1 Å². The Kier molecular flexibility index (Phi) is 2.35. The zero-order valence-corrected chi connectivity index (χ0v) is 8.90. The van der Waals surface area contributed by atoms with Gasteiger partial charge in [0.25, 0.3) is 5.91 Å². The molecule has 0 aliphatic carbocycles. The van der Waals surface area contributed by atoms with Gasteiger partial charge in [0.2, 0.25) is 0 Å². The topological polar surface area (TPSA) is 66.6 Å². The third-order valence-corrected chi connectivity index (χ3v) is 2.60. The summed E-state index contributed by atoms with van der Waals surface area (Å²) in [5.74, 6) is -1.57. The first-order chi connectivity index (χ1) is 7.41. The van der Waals surface area contributed by atoms with Crippen LogP contribution in [0.2, 0.25) is 0 Å². The van der Waals surface area contributed by atoms with Crippen molar-refractivity contribution in [3.63, 3.8) is 0 Å². The van der Waals surface area contributed by atoms with Gasteiger partial charge in [-0.15, -0.1) is 0 Å². The van der Waals surface area contributed by atoms with Crippen LogP contribution in [0.3, 0.4) is 0 Å². The Morgan fingerprint density at radius 2 is 2.19 bits per heavy atom. The fourth-order valence-corrected chi connectivity index (χ4v) is 1.85. The summed E-state index contributed by atoms with van der Waals surface area (Å²) in [5, 5.41) is 9.44. The quantitative estimate of drug-likeness (QED) is 0.738. The number of benzene rings is 1. The number of nitrogens with zero attached hydrogens (tertiary/aromatic N) is 1. The molecular weight excluding hydrogens is 211 g/mol. The number of carbonyl (C=O) groups is 1. The number of nitrogens with two attached hydrogens (primary N) is 1. The van der Waals surface area contributed by atoms with Crippen molar-refractivity contribution in [1.29, 1.82) is 0 Å². The van der Waals surface area contributed by atoms with Gasteiger partial charge in [0.05, 0.1) is 0 Å². The van der Waals surface area contributed by atoms with Crippen LogP contribution in [0.5, 0.6) is 5.75 Å². The predicted molar refractivity (Wildman–Crippen MR) is 56.6 cm³/mol. The number of amides is 1. The number of aromatic hydroxyl groups is 1. The molecule has 0 bridgehead atoms. The van der Waals surface area contributed by atoms with Crippen LogP contribution < -0.4 is 5.73 Å². The standard InChI is InChI=1S/C11H13FN2O2/c1-11(13)5-14(6-11)10(16)9-7(12)3-2-4-8(9)15/h2-4,15H,5-6,13H2,1H3. The van der Waals surface area contributed by atoms with Crippen molar-refractivity contribution >= 4 is 5.91 Å².